The lowest BCUT2D eigenvalue weighted by atomic mass is 10.1. The summed E-state index contributed by atoms with van der Waals surface area (Å²) in [7, 11) is -5.53. The molecule has 1 amide bonds. The molecule has 0 aromatic heterocycles. The van der Waals surface area contributed by atoms with E-state index in [1.165, 1.54) is 6.92 Å². The molecule has 1 atom stereocenters. The van der Waals surface area contributed by atoms with Crippen LogP contribution < -0.4 is 10.6 Å². The first-order chi connectivity index (χ1) is 12.9. The molecule has 2 N–H and O–H groups in total. The van der Waals surface area contributed by atoms with Gasteiger partial charge < -0.3 is 10.1 Å². The number of carbonyl (C=O) groups excluding carboxylic acids is 3. The van der Waals surface area contributed by atoms with E-state index < -0.39 is 44.7 Å². The Bertz CT molecular complexity index is 822. The minimum atomic E-state index is -5.53. The van der Waals surface area contributed by atoms with Gasteiger partial charge in [0.15, 0.2) is 0 Å². The molecule has 0 fully saturated rings. The lowest BCUT2D eigenvalue weighted by Crippen LogP contribution is -2.41. The van der Waals surface area contributed by atoms with Gasteiger partial charge in [0, 0.05) is 0 Å². The van der Waals surface area contributed by atoms with Crippen molar-refractivity contribution in [3.63, 3.8) is 0 Å². The standard InChI is InChI=1S/C16H19F3N2O6S/c1-3-27-13(23)9-21-15(24)14(20-8-10(2)22)11-4-6-12(7-5-11)28(25,26)16(17,18)19/h4-7,14,20H,3,8-9H2,1-2H3,(H,21,24). The van der Waals surface area contributed by atoms with E-state index in [4.69, 9.17) is 0 Å². The fraction of sp³-hybridized carbons (Fsp3) is 0.438. The number of hydrogen-bond donors (Lipinski definition) is 2. The van der Waals surface area contributed by atoms with Gasteiger partial charge >= 0.3 is 11.5 Å². The van der Waals surface area contributed by atoms with E-state index in [9.17, 15) is 36.0 Å². The van der Waals surface area contributed by atoms with Crippen LogP contribution in [0.15, 0.2) is 29.2 Å². The van der Waals surface area contributed by atoms with Crippen LogP contribution in [-0.4, -0.2) is 51.3 Å². The zero-order chi connectivity index (χ0) is 21.5. The van der Waals surface area contributed by atoms with Crippen molar-refractivity contribution in [3.8, 4) is 0 Å². The Morgan fingerprint density at radius 1 is 1.11 bits per heavy atom. The first kappa shape index (κ1) is 23.6. The summed E-state index contributed by atoms with van der Waals surface area (Å²) in [6, 6.07) is 2.24. The number of amides is 1. The average molecular weight is 424 g/mol. The second-order valence-electron chi connectivity index (χ2n) is 5.56. The van der Waals surface area contributed by atoms with Crippen molar-refractivity contribution in [2.24, 2.45) is 0 Å². The van der Waals surface area contributed by atoms with Crippen LogP contribution in [0.5, 0.6) is 0 Å². The minimum absolute atomic E-state index is 0.101. The molecule has 156 valence electrons. The van der Waals surface area contributed by atoms with Gasteiger partial charge in [-0.3, -0.25) is 19.7 Å². The second kappa shape index (κ2) is 9.64. The summed E-state index contributed by atoms with van der Waals surface area (Å²) >= 11 is 0. The maximum atomic E-state index is 12.6. The monoisotopic (exact) mass is 424 g/mol. The molecule has 0 spiro atoms. The minimum Gasteiger partial charge on any atom is -0.465 e. The van der Waals surface area contributed by atoms with Crippen LogP contribution in [0.3, 0.4) is 0 Å². The number of halogens is 3. The molecule has 0 saturated heterocycles. The zero-order valence-corrected chi connectivity index (χ0v) is 15.8. The molecule has 0 saturated carbocycles. The molecule has 0 aliphatic rings. The molecule has 1 unspecified atom stereocenters. The van der Waals surface area contributed by atoms with Crippen LogP contribution in [0.1, 0.15) is 25.5 Å². The zero-order valence-electron chi connectivity index (χ0n) is 15.0. The Kier molecular flexibility index (Phi) is 8.12. The molecule has 28 heavy (non-hydrogen) atoms. The van der Waals surface area contributed by atoms with Gasteiger partial charge in [-0.05, 0) is 31.5 Å². The summed E-state index contributed by atoms with van der Waals surface area (Å²) in [5.74, 6) is -1.77. The van der Waals surface area contributed by atoms with Crippen molar-refractivity contribution in [2.45, 2.75) is 30.3 Å². The smallest absolute Gasteiger partial charge is 0.465 e. The SMILES string of the molecule is CCOC(=O)CNC(=O)C(NCC(C)=O)c1ccc(S(=O)(=O)C(F)(F)F)cc1. The number of ether oxygens (including phenoxy) is 1. The molecule has 8 nitrogen and oxygen atoms in total. The van der Waals surface area contributed by atoms with Gasteiger partial charge in [0.05, 0.1) is 18.0 Å². The predicted octanol–water partition coefficient (Wildman–Crippen LogP) is 0.879. The van der Waals surface area contributed by atoms with Gasteiger partial charge in [0.25, 0.3) is 9.84 Å². The predicted molar refractivity (Wildman–Crippen MR) is 90.8 cm³/mol. The van der Waals surface area contributed by atoms with E-state index in [2.05, 4.69) is 15.4 Å². The fourth-order valence-electron chi connectivity index (χ4n) is 2.05. The van der Waals surface area contributed by atoms with E-state index in [1.807, 2.05) is 0 Å². The van der Waals surface area contributed by atoms with Gasteiger partial charge in [-0.15, -0.1) is 0 Å². The number of carbonyl (C=O) groups is 3. The second-order valence-corrected chi connectivity index (χ2v) is 7.50. The molecule has 1 aromatic carbocycles. The number of Topliss-reactive ketones (excluding diaryl/α,β-unsaturated/α-hetero) is 1. The topological polar surface area (TPSA) is 119 Å². The molecule has 0 radical (unpaired) electrons. The molecular weight excluding hydrogens is 405 g/mol. The van der Waals surface area contributed by atoms with Gasteiger partial charge in [-0.1, -0.05) is 12.1 Å². The first-order valence-corrected chi connectivity index (χ1v) is 9.46. The lowest BCUT2D eigenvalue weighted by molar-refractivity contribution is -0.143. The highest BCUT2D eigenvalue weighted by Crippen LogP contribution is 2.30. The van der Waals surface area contributed by atoms with Crippen LogP contribution in [-0.2, 0) is 29.0 Å². The van der Waals surface area contributed by atoms with Crippen molar-refractivity contribution >= 4 is 27.5 Å². The number of benzene rings is 1. The van der Waals surface area contributed by atoms with Gasteiger partial charge in [-0.25, -0.2) is 8.42 Å². The van der Waals surface area contributed by atoms with E-state index in [0.717, 1.165) is 12.1 Å². The van der Waals surface area contributed by atoms with Gasteiger partial charge in [-0.2, -0.15) is 13.2 Å². The maximum Gasteiger partial charge on any atom is 0.501 e. The van der Waals surface area contributed by atoms with E-state index >= 15 is 0 Å². The van der Waals surface area contributed by atoms with Gasteiger partial charge in [0.2, 0.25) is 5.91 Å². The summed E-state index contributed by atoms with van der Waals surface area (Å²) in [6.07, 6.45) is 0. The Labute approximate surface area is 159 Å². The Morgan fingerprint density at radius 2 is 1.68 bits per heavy atom. The van der Waals surface area contributed by atoms with Crippen molar-refractivity contribution in [3.05, 3.63) is 29.8 Å². The van der Waals surface area contributed by atoms with Crippen molar-refractivity contribution in [1.29, 1.82) is 0 Å². The summed E-state index contributed by atoms with van der Waals surface area (Å²) in [4.78, 5) is 33.8. The summed E-state index contributed by atoms with van der Waals surface area (Å²) in [5, 5.41) is 4.87. The number of nitrogens with one attached hydrogen (secondary N) is 2. The molecule has 0 aliphatic carbocycles. The largest absolute Gasteiger partial charge is 0.501 e. The van der Waals surface area contributed by atoms with Crippen LogP contribution in [0.2, 0.25) is 0 Å². The quantitative estimate of drug-likeness (QED) is 0.565. The highest BCUT2D eigenvalue weighted by Gasteiger charge is 2.46. The molecule has 0 aliphatic heterocycles. The normalized spacial score (nSPS) is 12.9. The first-order valence-electron chi connectivity index (χ1n) is 7.97. The van der Waals surface area contributed by atoms with Gasteiger partial charge in [0.1, 0.15) is 18.4 Å². The highest BCUT2D eigenvalue weighted by atomic mass is 32.2. The van der Waals surface area contributed by atoms with Crippen molar-refractivity contribution in [2.75, 3.05) is 19.7 Å². The number of sulfone groups is 1. The third-order valence-corrected chi connectivity index (χ3v) is 4.86. The fourth-order valence-corrected chi connectivity index (χ4v) is 2.82. The number of rotatable bonds is 9. The van der Waals surface area contributed by atoms with Crippen LogP contribution in [0.4, 0.5) is 13.2 Å². The summed E-state index contributed by atoms with van der Waals surface area (Å²) in [5.41, 5.74) is -5.36. The summed E-state index contributed by atoms with van der Waals surface area (Å²) < 4.78 is 65.3. The van der Waals surface area contributed by atoms with Crippen LogP contribution >= 0.6 is 0 Å². The van der Waals surface area contributed by atoms with E-state index in [0.29, 0.717) is 12.1 Å². The number of ketones is 1. The Morgan fingerprint density at radius 3 is 2.14 bits per heavy atom. The third-order valence-electron chi connectivity index (χ3n) is 3.36. The average Bonchev–Trinajstić information content (AvgIpc) is 2.59. The molecule has 1 rings (SSSR count). The van der Waals surface area contributed by atoms with Crippen LogP contribution in [0, 0.1) is 0 Å². The Balaban J connectivity index is 3.06. The molecular formula is C16H19F3N2O6S. The van der Waals surface area contributed by atoms with Crippen molar-refractivity contribution < 1.29 is 40.7 Å². The Hall–Kier alpha value is -2.47. The highest BCUT2D eigenvalue weighted by molar-refractivity contribution is 7.92. The van der Waals surface area contributed by atoms with E-state index in [1.54, 1.807) is 6.92 Å². The number of alkyl halides is 3. The van der Waals surface area contributed by atoms with Crippen LogP contribution in [0.25, 0.3) is 0 Å². The summed E-state index contributed by atoms with van der Waals surface area (Å²) in [6.45, 7) is 2.24. The maximum absolute atomic E-state index is 12.6. The van der Waals surface area contributed by atoms with Crippen molar-refractivity contribution in [1.82, 2.24) is 10.6 Å². The lowest BCUT2D eigenvalue weighted by Gasteiger charge is -2.18. The molecule has 0 heterocycles. The number of hydrogen-bond acceptors (Lipinski definition) is 7. The molecule has 12 heteroatoms. The molecule has 1 aromatic rings. The number of esters is 1. The van der Waals surface area contributed by atoms with E-state index in [-0.39, 0.29) is 24.5 Å². The third kappa shape index (κ3) is 6.30. The molecule has 0 bridgehead atoms.